The summed E-state index contributed by atoms with van der Waals surface area (Å²) >= 11 is 0. The molecule has 0 bridgehead atoms. The molecule has 1 aromatic carbocycles. The number of guanidine groups is 1. The van der Waals surface area contributed by atoms with Gasteiger partial charge in [-0.1, -0.05) is 26.0 Å². The van der Waals surface area contributed by atoms with E-state index in [-0.39, 0.29) is 5.91 Å². The molecule has 0 aliphatic rings. The molecule has 0 fully saturated rings. The van der Waals surface area contributed by atoms with Gasteiger partial charge in [-0.25, -0.2) is 4.99 Å². The van der Waals surface area contributed by atoms with Crippen molar-refractivity contribution in [1.29, 1.82) is 0 Å². The number of amides is 1. The van der Waals surface area contributed by atoms with Gasteiger partial charge in [-0.05, 0) is 43.9 Å². The highest BCUT2D eigenvalue weighted by molar-refractivity contribution is 5.94. The topological polar surface area (TPSA) is 65.5 Å². The van der Waals surface area contributed by atoms with Crippen molar-refractivity contribution in [3.8, 4) is 0 Å². The zero-order chi connectivity index (χ0) is 17.1. The molecule has 0 heterocycles. The molecule has 5 heteroatoms. The van der Waals surface area contributed by atoms with Crippen molar-refractivity contribution in [1.82, 2.24) is 16.0 Å². The fourth-order valence-corrected chi connectivity index (χ4v) is 2.02. The molecule has 0 unspecified atom stereocenters. The number of nitrogens with one attached hydrogen (secondary N) is 3. The maximum absolute atomic E-state index is 11.7. The van der Waals surface area contributed by atoms with Gasteiger partial charge in [0, 0.05) is 25.2 Å². The first-order chi connectivity index (χ1) is 11.1. The van der Waals surface area contributed by atoms with E-state index >= 15 is 0 Å². The fourth-order valence-electron chi connectivity index (χ4n) is 2.02. The second kappa shape index (κ2) is 10.6. The minimum atomic E-state index is -0.0359. The average Bonchev–Trinajstić information content (AvgIpc) is 2.53. The van der Waals surface area contributed by atoms with Gasteiger partial charge >= 0.3 is 0 Å². The molecule has 5 nitrogen and oxygen atoms in total. The van der Waals surface area contributed by atoms with Crippen molar-refractivity contribution in [2.45, 2.75) is 40.7 Å². The van der Waals surface area contributed by atoms with Gasteiger partial charge in [-0.3, -0.25) is 4.79 Å². The highest BCUT2D eigenvalue weighted by atomic mass is 16.1. The number of benzene rings is 1. The molecule has 0 atom stereocenters. The Balaban J connectivity index is 2.59. The van der Waals surface area contributed by atoms with Crippen LogP contribution in [0.2, 0.25) is 0 Å². The van der Waals surface area contributed by atoms with E-state index in [1.165, 1.54) is 0 Å². The minimum absolute atomic E-state index is 0.0359. The minimum Gasteiger partial charge on any atom is -0.357 e. The average molecular weight is 318 g/mol. The Morgan fingerprint density at radius 3 is 2.26 bits per heavy atom. The van der Waals surface area contributed by atoms with Crippen LogP contribution in [-0.2, 0) is 6.54 Å². The standard InChI is InChI=1S/C18H30N4O/c1-5-19-17(23)16-9-7-15(8-10-16)13-22-18(20-6-2)21-12-11-14(3)4/h7-10,14H,5-6,11-13H2,1-4H3,(H,19,23)(H2,20,21,22). The fraction of sp³-hybridized carbons (Fsp3) is 0.556. The summed E-state index contributed by atoms with van der Waals surface area (Å²) in [6, 6.07) is 7.58. The van der Waals surface area contributed by atoms with E-state index in [0.29, 0.717) is 24.6 Å². The van der Waals surface area contributed by atoms with Crippen LogP contribution in [-0.4, -0.2) is 31.5 Å². The molecule has 0 aromatic heterocycles. The third kappa shape index (κ3) is 7.68. The van der Waals surface area contributed by atoms with Gasteiger partial charge in [-0.15, -0.1) is 0 Å². The molecule has 23 heavy (non-hydrogen) atoms. The van der Waals surface area contributed by atoms with Crippen LogP contribution in [0.15, 0.2) is 29.3 Å². The number of nitrogens with zero attached hydrogens (tertiary/aromatic N) is 1. The van der Waals surface area contributed by atoms with Crippen molar-refractivity contribution in [3.63, 3.8) is 0 Å². The second-order valence-corrected chi connectivity index (χ2v) is 5.86. The van der Waals surface area contributed by atoms with Crippen molar-refractivity contribution < 1.29 is 4.79 Å². The van der Waals surface area contributed by atoms with Gasteiger partial charge in [0.05, 0.1) is 6.54 Å². The predicted molar refractivity (Wildman–Crippen MR) is 96.7 cm³/mol. The van der Waals surface area contributed by atoms with E-state index in [1.54, 1.807) is 0 Å². The number of carbonyl (C=O) groups excluding carboxylic acids is 1. The molecule has 1 amide bonds. The van der Waals surface area contributed by atoms with E-state index in [4.69, 9.17) is 0 Å². The van der Waals surface area contributed by atoms with E-state index < -0.39 is 0 Å². The lowest BCUT2D eigenvalue weighted by Crippen LogP contribution is -2.38. The monoisotopic (exact) mass is 318 g/mol. The van der Waals surface area contributed by atoms with Gasteiger partial charge in [0.15, 0.2) is 5.96 Å². The second-order valence-electron chi connectivity index (χ2n) is 5.86. The zero-order valence-corrected chi connectivity index (χ0v) is 14.8. The van der Waals surface area contributed by atoms with Gasteiger partial charge in [-0.2, -0.15) is 0 Å². The van der Waals surface area contributed by atoms with Crippen LogP contribution in [0.4, 0.5) is 0 Å². The van der Waals surface area contributed by atoms with Crippen LogP contribution in [0.5, 0.6) is 0 Å². The van der Waals surface area contributed by atoms with Crippen LogP contribution >= 0.6 is 0 Å². The summed E-state index contributed by atoms with van der Waals surface area (Å²) in [5, 5.41) is 9.39. The lowest BCUT2D eigenvalue weighted by Gasteiger charge is -2.12. The maximum Gasteiger partial charge on any atom is 0.251 e. The van der Waals surface area contributed by atoms with Crippen molar-refractivity contribution in [2.75, 3.05) is 19.6 Å². The number of rotatable bonds is 8. The van der Waals surface area contributed by atoms with Crippen LogP contribution in [0.1, 0.15) is 50.0 Å². The molecule has 0 saturated carbocycles. The summed E-state index contributed by atoms with van der Waals surface area (Å²) in [4.78, 5) is 16.3. The van der Waals surface area contributed by atoms with Crippen LogP contribution < -0.4 is 16.0 Å². The van der Waals surface area contributed by atoms with Crippen LogP contribution in [0, 0.1) is 5.92 Å². The number of hydrogen-bond donors (Lipinski definition) is 3. The highest BCUT2D eigenvalue weighted by Gasteiger charge is 2.03. The molecule has 0 spiro atoms. The van der Waals surface area contributed by atoms with E-state index in [0.717, 1.165) is 31.0 Å². The van der Waals surface area contributed by atoms with Crippen molar-refractivity contribution >= 4 is 11.9 Å². The van der Waals surface area contributed by atoms with Gasteiger partial charge in [0.1, 0.15) is 0 Å². The normalized spacial score (nSPS) is 11.4. The van der Waals surface area contributed by atoms with E-state index in [2.05, 4.69) is 41.7 Å². The summed E-state index contributed by atoms with van der Waals surface area (Å²) in [6.07, 6.45) is 1.12. The van der Waals surface area contributed by atoms with Gasteiger partial charge in [0.25, 0.3) is 5.91 Å². The molecule has 128 valence electrons. The molecule has 0 saturated heterocycles. The summed E-state index contributed by atoms with van der Waals surface area (Å²) in [5.74, 6) is 1.47. The first-order valence-corrected chi connectivity index (χ1v) is 8.46. The Morgan fingerprint density at radius 1 is 1.04 bits per heavy atom. The van der Waals surface area contributed by atoms with Gasteiger partial charge < -0.3 is 16.0 Å². The Labute approximate surface area is 140 Å². The lowest BCUT2D eigenvalue weighted by atomic mass is 10.1. The number of carbonyl (C=O) groups is 1. The molecular weight excluding hydrogens is 288 g/mol. The first kappa shape index (κ1) is 19.0. The quantitative estimate of drug-likeness (QED) is 0.510. The van der Waals surface area contributed by atoms with Crippen LogP contribution in [0.3, 0.4) is 0 Å². The Kier molecular flexibility index (Phi) is 8.80. The highest BCUT2D eigenvalue weighted by Crippen LogP contribution is 2.06. The molecule has 0 radical (unpaired) electrons. The summed E-state index contributed by atoms with van der Waals surface area (Å²) in [7, 11) is 0. The van der Waals surface area contributed by atoms with E-state index in [1.807, 2.05) is 31.2 Å². The van der Waals surface area contributed by atoms with Crippen molar-refractivity contribution in [2.24, 2.45) is 10.9 Å². The lowest BCUT2D eigenvalue weighted by molar-refractivity contribution is 0.0956. The Bertz CT molecular complexity index is 494. The molecule has 3 N–H and O–H groups in total. The maximum atomic E-state index is 11.7. The van der Waals surface area contributed by atoms with Crippen molar-refractivity contribution in [3.05, 3.63) is 35.4 Å². The molecule has 0 aliphatic carbocycles. The largest absolute Gasteiger partial charge is 0.357 e. The molecular formula is C18H30N4O. The number of aliphatic imine (C=N–C) groups is 1. The molecule has 0 aliphatic heterocycles. The summed E-state index contributed by atoms with van der Waals surface area (Å²) in [6.45, 7) is 11.4. The third-order valence-electron chi connectivity index (χ3n) is 3.33. The molecule has 1 rings (SSSR count). The predicted octanol–water partition coefficient (Wildman–Crippen LogP) is 2.54. The smallest absolute Gasteiger partial charge is 0.251 e. The third-order valence-corrected chi connectivity index (χ3v) is 3.33. The molecule has 1 aromatic rings. The van der Waals surface area contributed by atoms with Crippen LogP contribution in [0.25, 0.3) is 0 Å². The summed E-state index contributed by atoms with van der Waals surface area (Å²) in [5.41, 5.74) is 1.76. The van der Waals surface area contributed by atoms with Gasteiger partial charge in [0.2, 0.25) is 0 Å². The Hall–Kier alpha value is -2.04. The zero-order valence-electron chi connectivity index (χ0n) is 14.8. The summed E-state index contributed by atoms with van der Waals surface area (Å²) < 4.78 is 0. The first-order valence-electron chi connectivity index (χ1n) is 8.46. The number of hydrogen-bond acceptors (Lipinski definition) is 2. The Morgan fingerprint density at radius 2 is 1.70 bits per heavy atom. The van der Waals surface area contributed by atoms with E-state index in [9.17, 15) is 4.79 Å². The SMILES string of the molecule is CCNC(=O)c1ccc(CN=C(NCC)NCCC(C)C)cc1.